The maximum absolute atomic E-state index is 12.9. The molecule has 214 valence electrons. The van der Waals surface area contributed by atoms with Gasteiger partial charge in [-0.05, 0) is 69.6 Å². The highest BCUT2D eigenvalue weighted by Crippen LogP contribution is 2.34. The highest BCUT2D eigenvalue weighted by Gasteiger charge is 2.27. The van der Waals surface area contributed by atoms with E-state index < -0.39 is 0 Å². The molecule has 10 nitrogen and oxygen atoms in total. The fraction of sp³-hybridized carbons (Fsp3) is 0.571. The minimum atomic E-state index is -0.166. The second-order valence-electron chi connectivity index (χ2n) is 11.4. The normalized spacial score (nSPS) is 22.5. The predicted molar refractivity (Wildman–Crippen MR) is 160 cm³/mol. The molecular formula is C28H37Cl2N9O. The van der Waals surface area contributed by atoms with Gasteiger partial charge in [-0.25, -0.2) is 9.78 Å². The molecule has 1 aromatic carbocycles. The Balaban J connectivity index is 1.15. The number of halogens is 2. The van der Waals surface area contributed by atoms with Gasteiger partial charge in [0.15, 0.2) is 17.0 Å². The van der Waals surface area contributed by atoms with Crippen molar-refractivity contribution in [1.29, 1.82) is 0 Å². The summed E-state index contributed by atoms with van der Waals surface area (Å²) < 4.78 is 2.24. The monoisotopic (exact) mass is 585 g/mol. The SMILES string of the molecule is NC1CCC(Nc2nc(NC3CCN(C(=O)Nc4ccc(Cl)cc4Cl)CC3)c3ncn(C4CCCC4)c3n2)CC1. The lowest BCUT2D eigenvalue weighted by atomic mass is 9.92. The number of hydrogen-bond donors (Lipinski definition) is 4. The van der Waals surface area contributed by atoms with E-state index in [1.165, 1.54) is 12.8 Å². The molecule has 0 atom stereocenters. The second kappa shape index (κ2) is 12.0. The van der Waals surface area contributed by atoms with E-state index >= 15 is 0 Å². The molecule has 0 radical (unpaired) electrons. The Morgan fingerprint density at radius 3 is 2.38 bits per heavy atom. The highest BCUT2D eigenvalue weighted by atomic mass is 35.5. The number of rotatable bonds is 6. The maximum Gasteiger partial charge on any atom is 0.321 e. The summed E-state index contributed by atoms with van der Waals surface area (Å²) in [5, 5.41) is 11.1. The van der Waals surface area contributed by atoms with E-state index in [-0.39, 0.29) is 12.1 Å². The van der Waals surface area contributed by atoms with Crippen LogP contribution in [0, 0.1) is 0 Å². The number of amides is 2. The Bertz CT molecular complexity index is 1340. The van der Waals surface area contributed by atoms with Gasteiger partial charge in [0.1, 0.15) is 0 Å². The summed E-state index contributed by atoms with van der Waals surface area (Å²) in [6.45, 7) is 1.24. The zero-order valence-electron chi connectivity index (χ0n) is 22.6. The molecule has 0 unspecified atom stereocenters. The van der Waals surface area contributed by atoms with Crippen LogP contribution in [0.2, 0.25) is 10.0 Å². The molecule has 40 heavy (non-hydrogen) atoms. The number of nitrogens with two attached hydrogens (primary N) is 1. The minimum absolute atomic E-state index is 0.165. The van der Waals surface area contributed by atoms with E-state index in [9.17, 15) is 4.79 Å². The molecular weight excluding hydrogens is 549 g/mol. The smallest absolute Gasteiger partial charge is 0.321 e. The number of carbonyl (C=O) groups is 1. The first kappa shape index (κ1) is 27.4. The number of likely N-dealkylation sites (tertiary alicyclic amines) is 1. The van der Waals surface area contributed by atoms with Gasteiger partial charge in [0.2, 0.25) is 5.95 Å². The van der Waals surface area contributed by atoms with Crippen LogP contribution in [0.15, 0.2) is 24.5 Å². The molecule has 1 aliphatic heterocycles. The lowest BCUT2D eigenvalue weighted by Gasteiger charge is -2.33. The zero-order valence-corrected chi connectivity index (χ0v) is 24.1. The number of piperidine rings is 1. The van der Waals surface area contributed by atoms with Gasteiger partial charge in [0, 0.05) is 42.3 Å². The number of imidazole rings is 1. The third kappa shape index (κ3) is 6.09. The van der Waals surface area contributed by atoms with Gasteiger partial charge in [-0.15, -0.1) is 0 Å². The number of nitrogens with one attached hydrogen (secondary N) is 3. The summed E-state index contributed by atoms with van der Waals surface area (Å²) in [5.74, 6) is 1.40. The topological polar surface area (TPSA) is 126 Å². The van der Waals surface area contributed by atoms with Crippen LogP contribution in [0.25, 0.3) is 11.2 Å². The number of hydrogen-bond acceptors (Lipinski definition) is 7. The summed E-state index contributed by atoms with van der Waals surface area (Å²) in [7, 11) is 0. The van der Waals surface area contributed by atoms with Crippen LogP contribution >= 0.6 is 23.2 Å². The number of anilines is 3. The van der Waals surface area contributed by atoms with Crippen molar-refractivity contribution in [3.05, 3.63) is 34.6 Å². The predicted octanol–water partition coefficient (Wildman–Crippen LogP) is 6.04. The van der Waals surface area contributed by atoms with Gasteiger partial charge < -0.3 is 31.2 Å². The number of benzene rings is 1. The van der Waals surface area contributed by atoms with Gasteiger partial charge in [0.25, 0.3) is 0 Å². The molecule has 12 heteroatoms. The standard InChI is InChI=1S/C28H37Cl2N9O/c29-17-5-10-23(22(30)15-17)35-28(40)38-13-11-20(12-14-38)33-25-24-26(39(16-32-24)21-3-1-2-4-21)37-27(36-25)34-19-8-6-18(31)7-9-19/h5,10,15-16,18-21H,1-4,6-9,11-14,31H2,(H,35,40)(H2,33,34,36,37). The summed E-state index contributed by atoms with van der Waals surface area (Å²) >= 11 is 12.2. The van der Waals surface area contributed by atoms with Crippen molar-refractivity contribution < 1.29 is 4.79 Å². The van der Waals surface area contributed by atoms with Crippen LogP contribution in [0.3, 0.4) is 0 Å². The first-order chi connectivity index (χ1) is 19.4. The molecule has 2 aliphatic carbocycles. The number of fused-ring (bicyclic) bond motifs is 1. The fourth-order valence-corrected chi connectivity index (χ4v) is 6.64. The summed E-state index contributed by atoms with van der Waals surface area (Å²) in [6, 6.07) is 6.10. The van der Waals surface area contributed by atoms with Crippen molar-refractivity contribution in [2.45, 2.75) is 88.4 Å². The van der Waals surface area contributed by atoms with Crippen molar-refractivity contribution >= 4 is 57.9 Å². The average Bonchev–Trinajstić information content (AvgIpc) is 3.62. The molecule has 3 heterocycles. The van der Waals surface area contributed by atoms with Gasteiger partial charge in [-0.2, -0.15) is 9.97 Å². The van der Waals surface area contributed by atoms with Crippen molar-refractivity contribution in [2.24, 2.45) is 5.73 Å². The Morgan fingerprint density at radius 1 is 0.925 bits per heavy atom. The van der Waals surface area contributed by atoms with Crippen molar-refractivity contribution in [1.82, 2.24) is 24.4 Å². The number of aromatic nitrogens is 4. The molecule has 5 N–H and O–H groups in total. The van der Waals surface area contributed by atoms with Crippen LogP contribution in [0.5, 0.6) is 0 Å². The van der Waals surface area contributed by atoms with Gasteiger partial charge >= 0.3 is 6.03 Å². The molecule has 1 saturated heterocycles. The third-order valence-electron chi connectivity index (χ3n) is 8.54. The van der Waals surface area contributed by atoms with E-state index in [1.54, 1.807) is 18.2 Å². The maximum atomic E-state index is 12.9. The second-order valence-corrected chi connectivity index (χ2v) is 12.2. The Labute approximate surface area is 244 Å². The Hall–Kier alpha value is -2.82. The lowest BCUT2D eigenvalue weighted by molar-refractivity contribution is 0.197. The lowest BCUT2D eigenvalue weighted by Crippen LogP contribution is -2.44. The molecule has 3 aromatic rings. The van der Waals surface area contributed by atoms with E-state index in [0.717, 1.165) is 68.3 Å². The first-order valence-corrected chi connectivity index (χ1v) is 15.2. The molecule has 2 saturated carbocycles. The molecule has 3 aliphatic rings. The number of nitrogens with zero attached hydrogens (tertiary/aromatic N) is 5. The van der Waals surface area contributed by atoms with Gasteiger partial charge in [-0.3, -0.25) is 0 Å². The average molecular weight is 587 g/mol. The molecule has 3 fully saturated rings. The van der Waals surface area contributed by atoms with Crippen LogP contribution in [-0.4, -0.2) is 61.7 Å². The summed E-state index contributed by atoms with van der Waals surface area (Å²) in [4.78, 5) is 29.3. The van der Waals surface area contributed by atoms with E-state index in [4.69, 9.17) is 43.9 Å². The minimum Gasteiger partial charge on any atom is -0.365 e. The van der Waals surface area contributed by atoms with Crippen LogP contribution in [0.1, 0.15) is 70.3 Å². The first-order valence-electron chi connectivity index (χ1n) is 14.5. The number of urea groups is 1. The van der Waals surface area contributed by atoms with Crippen molar-refractivity contribution in [3.63, 3.8) is 0 Å². The van der Waals surface area contributed by atoms with Crippen molar-refractivity contribution in [3.8, 4) is 0 Å². The number of carbonyl (C=O) groups excluding carboxylic acids is 1. The molecule has 2 aromatic heterocycles. The highest BCUT2D eigenvalue weighted by molar-refractivity contribution is 6.36. The van der Waals surface area contributed by atoms with Crippen LogP contribution < -0.4 is 21.7 Å². The van der Waals surface area contributed by atoms with Crippen LogP contribution in [-0.2, 0) is 0 Å². The van der Waals surface area contributed by atoms with Crippen LogP contribution in [0.4, 0.5) is 22.2 Å². The molecule has 6 rings (SSSR count). The van der Waals surface area contributed by atoms with E-state index in [1.807, 2.05) is 11.2 Å². The molecule has 2 amide bonds. The summed E-state index contributed by atoms with van der Waals surface area (Å²) in [6.07, 6.45) is 12.4. The van der Waals surface area contributed by atoms with Gasteiger partial charge in [-0.1, -0.05) is 36.0 Å². The zero-order chi connectivity index (χ0) is 27.6. The largest absolute Gasteiger partial charge is 0.365 e. The Kier molecular flexibility index (Phi) is 8.18. The molecule has 0 bridgehead atoms. The van der Waals surface area contributed by atoms with E-state index in [2.05, 4.69) is 20.5 Å². The quantitative estimate of drug-likeness (QED) is 0.278. The Morgan fingerprint density at radius 2 is 1.65 bits per heavy atom. The van der Waals surface area contributed by atoms with Crippen molar-refractivity contribution in [2.75, 3.05) is 29.0 Å². The van der Waals surface area contributed by atoms with E-state index in [0.29, 0.717) is 52.9 Å². The fourth-order valence-electron chi connectivity index (χ4n) is 6.18. The third-order valence-corrected chi connectivity index (χ3v) is 9.09. The van der Waals surface area contributed by atoms with Gasteiger partial charge in [0.05, 0.1) is 17.0 Å². The molecule has 0 spiro atoms. The summed E-state index contributed by atoms with van der Waals surface area (Å²) in [5.41, 5.74) is 8.37.